The number of aromatic nitrogens is 1. The van der Waals surface area contributed by atoms with E-state index < -0.39 is 11.8 Å². The Hall–Kier alpha value is -2.38. The van der Waals surface area contributed by atoms with E-state index >= 15 is 0 Å². The van der Waals surface area contributed by atoms with E-state index in [0.29, 0.717) is 19.5 Å². The van der Waals surface area contributed by atoms with Crippen molar-refractivity contribution in [1.82, 2.24) is 15.2 Å². The van der Waals surface area contributed by atoms with Gasteiger partial charge >= 0.3 is 12.0 Å². The van der Waals surface area contributed by atoms with Crippen molar-refractivity contribution in [3.63, 3.8) is 0 Å². The minimum Gasteiger partial charge on any atom is -0.481 e. The molecule has 2 heterocycles. The first kappa shape index (κ1) is 16.0. The fraction of sp³-hybridized carbons (Fsp3) is 0.500. The first-order valence-corrected chi connectivity index (χ1v) is 7.08. The number of ether oxygens (including phenoxy) is 1. The van der Waals surface area contributed by atoms with E-state index in [2.05, 4.69) is 10.3 Å². The highest BCUT2D eigenvalue weighted by Gasteiger charge is 2.25. The van der Waals surface area contributed by atoms with Gasteiger partial charge in [0.05, 0.1) is 13.0 Å². The number of piperidine rings is 1. The molecule has 0 aliphatic carbocycles. The molecule has 0 aromatic carbocycles. The molecule has 1 aromatic rings. The molecule has 1 aliphatic rings. The van der Waals surface area contributed by atoms with Crippen LogP contribution >= 0.6 is 0 Å². The molecule has 0 bridgehead atoms. The van der Waals surface area contributed by atoms with Crippen LogP contribution in [0.15, 0.2) is 18.3 Å². The molecule has 0 spiro atoms. The van der Waals surface area contributed by atoms with Crippen molar-refractivity contribution in [2.45, 2.75) is 25.4 Å². The summed E-state index contributed by atoms with van der Waals surface area (Å²) in [5.41, 5.74) is 0. The predicted molar refractivity (Wildman–Crippen MR) is 75.1 cm³/mol. The van der Waals surface area contributed by atoms with E-state index in [9.17, 15) is 14.0 Å². The standard InChI is InChI=1S/C14H18FN3O4/c15-11-4-1-6-16-13(11)22-10-3-2-8-18(9-10)14(21)17-7-5-12(19)20/h1,4,6,10H,2-3,5,7-9H2,(H,17,21)(H,19,20). The number of carboxylic acid groups (broad SMARTS) is 1. The maximum Gasteiger partial charge on any atom is 0.317 e. The van der Waals surface area contributed by atoms with E-state index in [0.717, 1.165) is 6.42 Å². The van der Waals surface area contributed by atoms with Gasteiger partial charge in [-0.15, -0.1) is 0 Å². The molecule has 7 nitrogen and oxygen atoms in total. The van der Waals surface area contributed by atoms with Crippen LogP contribution in [0.5, 0.6) is 5.88 Å². The molecule has 1 unspecified atom stereocenters. The fourth-order valence-corrected chi connectivity index (χ4v) is 2.22. The molecule has 1 fully saturated rings. The summed E-state index contributed by atoms with van der Waals surface area (Å²) < 4.78 is 19.0. The van der Waals surface area contributed by atoms with Gasteiger partial charge in [0.25, 0.3) is 5.88 Å². The zero-order valence-electron chi connectivity index (χ0n) is 12.0. The molecule has 2 N–H and O–H groups in total. The van der Waals surface area contributed by atoms with Crippen LogP contribution in [0.25, 0.3) is 0 Å². The fourth-order valence-electron chi connectivity index (χ4n) is 2.22. The first-order chi connectivity index (χ1) is 10.6. The lowest BCUT2D eigenvalue weighted by molar-refractivity contribution is -0.136. The lowest BCUT2D eigenvalue weighted by atomic mass is 10.1. The Morgan fingerprint density at radius 2 is 2.36 bits per heavy atom. The SMILES string of the molecule is O=C(O)CCNC(=O)N1CCCC(Oc2ncccc2F)C1. The van der Waals surface area contributed by atoms with Crippen molar-refractivity contribution in [3.8, 4) is 5.88 Å². The summed E-state index contributed by atoms with van der Waals surface area (Å²) >= 11 is 0. The number of aliphatic carboxylic acids is 1. The molecule has 22 heavy (non-hydrogen) atoms. The summed E-state index contributed by atoms with van der Waals surface area (Å²) in [5, 5.41) is 11.1. The average molecular weight is 311 g/mol. The summed E-state index contributed by atoms with van der Waals surface area (Å²) in [4.78, 5) is 27.7. The third kappa shape index (κ3) is 4.57. The highest BCUT2D eigenvalue weighted by molar-refractivity contribution is 5.75. The second-order valence-corrected chi connectivity index (χ2v) is 4.99. The monoisotopic (exact) mass is 311 g/mol. The molecule has 1 atom stereocenters. The number of hydrogen-bond donors (Lipinski definition) is 2. The van der Waals surface area contributed by atoms with Crippen molar-refractivity contribution in [2.24, 2.45) is 0 Å². The van der Waals surface area contributed by atoms with Crippen molar-refractivity contribution in [1.29, 1.82) is 0 Å². The lowest BCUT2D eigenvalue weighted by Crippen LogP contribution is -2.49. The second-order valence-electron chi connectivity index (χ2n) is 4.99. The Balaban J connectivity index is 1.85. The van der Waals surface area contributed by atoms with Crippen LogP contribution < -0.4 is 10.1 Å². The minimum absolute atomic E-state index is 0.0689. The van der Waals surface area contributed by atoms with Crippen LogP contribution in [0.1, 0.15) is 19.3 Å². The summed E-state index contributed by atoms with van der Waals surface area (Å²) in [6.07, 6.45) is 2.42. The van der Waals surface area contributed by atoms with E-state index in [1.807, 2.05) is 0 Å². The van der Waals surface area contributed by atoms with Gasteiger partial charge in [0, 0.05) is 19.3 Å². The molecule has 1 aromatic heterocycles. The smallest absolute Gasteiger partial charge is 0.317 e. The van der Waals surface area contributed by atoms with Gasteiger partial charge in [0.1, 0.15) is 6.10 Å². The van der Waals surface area contributed by atoms with Gasteiger partial charge in [-0.25, -0.2) is 14.2 Å². The molecular weight excluding hydrogens is 293 g/mol. The zero-order valence-corrected chi connectivity index (χ0v) is 12.0. The Kier molecular flexibility index (Phi) is 5.51. The van der Waals surface area contributed by atoms with Gasteiger partial charge in [-0.05, 0) is 25.0 Å². The molecule has 120 valence electrons. The van der Waals surface area contributed by atoms with Gasteiger partial charge < -0.3 is 20.1 Å². The maximum atomic E-state index is 13.5. The van der Waals surface area contributed by atoms with Crippen LogP contribution in [0, 0.1) is 5.82 Å². The van der Waals surface area contributed by atoms with E-state index in [1.54, 1.807) is 0 Å². The highest BCUT2D eigenvalue weighted by Crippen LogP contribution is 2.19. The number of carboxylic acids is 1. The van der Waals surface area contributed by atoms with Crippen LogP contribution in [0.4, 0.5) is 9.18 Å². The van der Waals surface area contributed by atoms with Gasteiger partial charge in [-0.3, -0.25) is 4.79 Å². The number of nitrogens with one attached hydrogen (secondary N) is 1. The highest BCUT2D eigenvalue weighted by atomic mass is 19.1. The molecule has 0 radical (unpaired) electrons. The Morgan fingerprint density at radius 3 is 3.09 bits per heavy atom. The third-order valence-corrected chi connectivity index (χ3v) is 3.28. The molecule has 8 heteroatoms. The number of likely N-dealkylation sites (tertiary alicyclic amines) is 1. The molecule has 2 rings (SSSR count). The minimum atomic E-state index is -0.967. The van der Waals surface area contributed by atoms with Crippen molar-refractivity contribution in [3.05, 3.63) is 24.1 Å². The third-order valence-electron chi connectivity index (χ3n) is 3.28. The van der Waals surface area contributed by atoms with Crippen LogP contribution in [0.3, 0.4) is 0 Å². The Morgan fingerprint density at radius 1 is 1.55 bits per heavy atom. The summed E-state index contributed by atoms with van der Waals surface area (Å²) in [6, 6.07) is 2.41. The first-order valence-electron chi connectivity index (χ1n) is 7.08. The second kappa shape index (κ2) is 7.58. The van der Waals surface area contributed by atoms with E-state index in [-0.39, 0.29) is 31.0 Å². The predicted octanol–water partition coefficient (Wildman–Crippen LogP) is 1.25. The zero-order chi connectivity index (χ0) is 15.9. The number of rotatable bonds is 5. The van der Waals surface area contributed by atoms with E-state index in [1.165, 1.54) is 23.2 Å². The van der Waals surface area contributed by atoms with Crippen molar-refractivity contribution < 1.29 is 23.8 Å². The summed E-state index contributed by atoms with van der Waals surface area (Å²) in [5.74, 6) is -1.57. The molecule has 0 saturated carbocycles. The maximum absolute atomic E-state index is 13.5. The van der Waals surface area contributed by atoms with Crippen LogP contribution in [-0.4, -0.2) is 52.7 Å². The lowest BCUT2D eigenvalue weighted by Gasteiger charge is -2.32. The van der Waals surface area contributed by atoms with Crippen molar-refractivity contribution in [2.75, 3.05) is 19.6 Å². The van der Waals surface area contributed by atoms with Gasteiger partial charge in [0.2, 0.25) is 0 Å². The number of nitrogens with zero attached hydrogens (tertiary/aromatic N) is 2. The Bertz CT molecular complexity index is 541. The number of carbonyl (C=O) groups is 2. The number of halogens is 1. The number of urea groups is 1. The number of carbonyl (C=O) groups excluding carboxylic acids is 1. The number of pyridine rings is 1. The van der Waals surface area contributed by atoms with Crippen molar-refractivity contribution >= 4 is 12.0 Å². The normalized spacial score (nSPS) is 17.9. The van der Waals surface area contributed by atoms with Gasteiger partial charge in [0.15, 0.2) is 5.82 Å². The quantitative estimate of drug-likeness (QED) is 0.854. The van der Waals surface area contributed by atoms with Gasteiger partial charge in [-0.2, -0.15) is 0 Å². The van der Waals surface area contributed by atoms with Gasteiger partial charge in [-0.1, -0.05) is 0 Å². The van der Waals surface area contributed by atoms with E-state index in [4.69, 9.17) is 9.84 Å². The Labute approximate surface area is 127 Å². The van der Waals surface area contributed by atoms with Crippen LogP contribution in [-0.2, 0) is 4.79 Å². The molecular formula is C14H18FN3O4. The molecule has 1 saturated heterocycles. The topological polar surface area (TPSA) is 91.8 Å². The number of amides is 2. The van der Waals surface area contributed by atoms with Crippen LogP contribution in [0.2, 0.25) is 0 Å². The number of hydrogen-bond acceptors (Lipinski definition) is 4. The largest absolute Gasteiger partial charge is 0.481 e. The molecule has 2 amide bonds. The summed E-state index contributed by atoms with van der Waals surface area (Å²) in [6.45, 7) is 0.948. The molecule has 1 aliphatic heterocycles. The average Bonchev–Trinajstić information content (AvgIpc) is 2.49. The summed E-state index contributed by atoms with van der Waals surface area (Å²) in [7, 11) is 0.